The normalized spacial score (nSPS) is 10.7. The third-order valence-corrected chi connectivity index (χ3v) is 6.37. The average Bonchev–Trinajstić information content (AvgIpc) is 2.71. The van der Waals surface area contributed by atoms with E-state index < -0.39 is 0 Å². The Morgan fingerprint density at radius 2 is 0.630 bits per heavy atom. The Balaban J connectivity index is 1.47. The topological polar surface area (TPSA) is 0 Å². The molecule has 0 radical (unpaired) electrons. The minimum absolute atomic E-state index is 1.10. The monoisotopic (exact) mass is 494 g/mol. The van der Waals surface area contributed by atoms with Crippen LogP contribution in [0, 0.1) is 0 Å². The standard InChI is InChI=1S/C24H16Br2S/c25-21-9-1-17(2-10-21)19-5-13-23(14-6-19)27-24-15-7-20(8-16-24)18-3-11-22(26)12-4-18/h1-16H. The number of hydrogen-bond donors (Lipinski definition) is 0. The molecule has 0 aliphatic rings. The molecule has 0 amide bonds. The molecule has 0 spiro atoms. The van der Waals surface area contributed by atoms with Crippen LogP contribution in [0.15, 0.2) is 116 Å². The van der Waals surface area contributed by atoms with Gasteiger partial charge in [-0.3, -0.25) is 0 Å². The maximum atomic E-state index is 3.48. The van der Waals surface area contributed by atoms with Crippen molar-refractivity contribution < 1.29 is 0 Å². The maximum absolute atomic E-state index is 3.48. The summed E-state index contributed by atoms with van der Waals surface area (Å²) in [6.07, 6.45) is 0. The van der Waals surface area contributed by atoms with Gasteiger partial charge in [0.2, 0.25) is 0 Å². The summed E-state index contributed by atoms with van der Waals surface area (Å²) in [5.74, 6) is 0. The molecule has 27 heavy (non-hydrogen) atoms. The van der Waals surface area contributed by atoms with E-state index in [1.165, 1.54) is 32.0 Å². The van der Waals surface area contributed by atoms with Gasteiger partial charge in [0.1, 0.15) is 0 Å². The van der Waals surface area contributed by atoms with Gasteiger partial charge >= 0.3 is 0 Å². The molecule has 0 saturated heterocycles. The Hall–Kier alpha value is -1.81. The first kappa shape index (κ1) is 18.5. The van der Waals surface area contributed by atoms with Crippen molar-refractivity contribution in [3.8, 4) is 22.3 Å². The third-order valence-electron chi connectivity index (χ3n) is 4.30. The zero-order valence-corrected chi connectivity index (χ0v) is 18.4. The predicted molar refractivity (Wildman–Crippen MR) is 123 cm³/mol. The Morgan fingerprint density at radius 1 is 0.370 bits per heavy atom. The molecule has 0 aliphatic heterocycles. The minimum Gasteiger partial charge on any atom is -0.0901 e. The smallest absolute Gasteiger partial charge is 0.0175 e. The second-order valence-corrected chi connectivity index (χ2v) is 9.14. The number of hydrogen-bond acceptors (Lipinski definition) is 1. The van der Waals surface area contributed by atoms with Gasteiger partial charge in [0.25, 0.3) is 0 Å². The van der Waals surface area contributed by atoms with Crippen molar-refractivity contribution in [2.75, 3.05) is 0 Å². The van der Waals surface area contributed by atoms with Crippen LogP contribution >= 0.6 is 43.6 Å². The lowest BCUT2D eigenvalue weighted by atomic mass is 10.1. The van der Waals surface area contributed by atoms with Gasteiger partial charge in [0.05, 0.1) is 0 Å². The molecule has 4 aromatic carbocycles. The Morgan fingerprint density at radius 3 is 0.926 bits per heavy atom. The lowest BCUT2D eigenvalue weighted by Crippen LogP contribution is -1.80. The third kappa shape index (κ3) is 4.73. The number of benzene rings is 4. The van der Waals surface area contributed by atoms with Gasteiger partial charge in [-0.15, -0.1) is 0 Å². The van der Waals surface area contributed by atoms with Gasteiger partial charge in [-0.05, 0) is 70.8 Å². The van der Waals surface area contributed by atoms with Crippen LogP contribution in [0.2, 0.25) is 0 Å². The zero-order valence-electron chi connectivity index (χ0n) is 14.4. The molecule has 0 unspecified atom stereocenters. The first-order chi connectivity index (χ1) is 13.2. The molecule has 0 atom stereocenters. The highest BCUT2D eigenvalue weighted by Crippen LogP contribution is 2.32. The number of rotatable bonds is 4. The van der Waals surface area contributed by atoms with Gasteiger partial charge in [-0.25, -0.2) is 0 Å². The number of halogens is 2. The molecule has 0 aromatic heterocycles. The van der Waals surface area contributed by atoms with Crippen LogP contribution in [0.3, 0.4) is 0 Å². The second kappa shape index (κ2) is 8.47. The molecule has 0 bridgehead atoms. The van der Waals surface area contributed by atoms with Crippen LogP contribution in [0.1, 0.15) is 0 Å². The van der Waals surface area contributed by atoms with Crippen molar-refractivity contribution in [2.45, 2.75) is 9.79 Å². The Labute approximate surface area is 180 Å². The summed E-state index contributed by atoms with van der Waals surface area (Å²) in [6.45, 7) is 0. The second-order valence-electron chi connectivity index (χ2n) is 6.16. The zero-order chi connectivity index (χ0) is 18.6. The van der Waals surface area contributed by atoms with Crippen molar-refractivity contribution in [3.63, 3.8) is 0 Å². The summed E-state index contributed by atoms with van der Waals surface area (Å²) in [5, 5.41) is 0. The summed E-state index contributed by atoms with van der Waals surface area (Å²) in [7, 11) is 0. The molecule has 0 heterocycles. The summed E-state index contributed by atoms with van der Waals surface area (Å²) in [4.78, 5) is 2.49. The summed E-state index contributed by atoms with van der Waals surface area (Å²) in [5.41, 5.74) is 4.93. The van der Waals surface area contributed by atoms with E-state index >= 15 is 0 Å². The van der Waals surface area contributed by atoms with Crippen molar-refractivity contribution >= 4 is 43.6 Å². The van der Waals surface area contributed by atoms with Gasteiger partial charge in [-0.2, -0.15) is 0 Å². The van der Waals surface area contributed by atoms with E-state index in [0.717, 1.165) is 8.95 Å². The molecular formula is C24H16Br2S. The summed E-state index contributed by atoms with van der Waals surface area (Å²) >= 11 is 8.75. The fourth-order valence-corrected chi connectivity index (χ4v) is 4.20. The van der Waals surface area contributed by atoms with Crippen LogP contribution < -0.4 is 0 Å². The molecular weight excluding hydrogens is 480 g/mol. The van der Waals surface area contributed by atoms with Gasteiger partial charge in [-0.1, -0.05) is 92.2 Å². The van der Waals surface area contributed by atoms with Gasteiger partial charge in [0.15, 0.2) is 0 Å². The SMILES string of the molecule is Brc1ccc(-c2ccc(Sc3ccc(-c4ccc(Br)cc4)cc3)cc2)cc1. The predicted octanol–water partition coefficient (Wildman–Crippen LogP) is 8.70. The molecule has 132 valence electrons. The van der Waals surface area contributed by atoms with Crippen molar-refractivity contribution in [3.05, 3.63) is 106 Å². The largest absolute Gasteiger partial charge is 0.0901 e. The van der Waals surface area contributed by atoms with E-state index in [9.17, 15) is 0 Å². The molecule has 0 saturated carbocycles. The lowest BCUT2D eigenvalue weighted by molar-refractivity contribution is 1.40. The van der Waals surface area contributed by atoms with E-state index in [-0.39, 0.29) is 0 Å². The van der Waals surface area contributed by atoms with Crippen LogP contribution in [-0.4, -0.2) is 0 Å². The van der Waals surface area contributed by atoms with Crippen molar-refractivity contribution in [1.29, 1.82) is 0 Å². The summed E-state index contributed by atoms with van der Waals surface area (Å²) < 4.78 is 2.20. The van der Waals surface area contributed by atoms with Crippen LogP contribution in [0.25, 0.3) is 22.3 Å². The van der Waals surface area contributed by atoms with E-state index in [2.05, 4.69) is 129 Å². The Bertz CT molecular complexity index is 933. The fraction of sp³-hybridized carbons (Fsp3) is 0. The molecule has 3 heteroatoms. The van der Waals surface area contributed by atoms with E-state index in [1.807, 2.05) is 0 Å². The van der Waals surface area contributed by atoms with Crippen molar-refractivity contribution in [2.24, 2.45) is 0 Å². The summed E-state index contributed by atoms with van der Waals surface area (Å²) in [6, 6.07) is 34.3. The van der Waals surface area contributed by atoms with Crippen molar-refractivity contribution in [1.82, 2.24) is 0 Å². The molecule has 4 aromatic rings. The van der Waals surface area contributed by atoms with E-state index in [4.69, 9.17) is 0 Å². The highest BCUT2D eigenvalue weighted by atomic mass is 79.9. The van der Waals surface area contributed by atoms with E-state index in [0.29, 0.717) is 0 Å². The average molecular weight is 496 g/mol. The maximum Gasteiger partial charge on any atom is 0.0175 e. The highest BCUT2D eigenvalue weighted by molar-refractivity contribution is 9.10. The quantitative estimate of drug-likeness (QED) is 0.272. The van der Waals surface area contributed by atoms with Gasteiger partial charge < -0.3 is 0 Å². The lowest BCUT2D eigenvalue weighted by Gasteiger charge is -2.07. The van der Waals surface area contributed by atoms with Crippen LogP contribution in [0.5, 0.6) is 0 Å². The molecule has 4 rings (SSSR count). The molecule has 0 N–H and O–H groups in total. The molecule has 0 aliphatic carbocycles. The van der Waals surface area contributed by atoms with Crippen LogP contribution in [-0.2, 0) is 0 Å². The first-order valence-electron chi connectivity index (χ1n) is 8.57. The van der Waals surface area contributed by atoms with Gasteiger partial charge in [0, 0.05) is 18.7 Å². The Kier molecular flexibility index (Phi) is 5.82. The van der Waals surface area contributed by atoms with Crippen LogP contribution in [0.4, 0.5) is 0 Å². The highest BCUT2D eigenvalue weighted by Gasteiger charge is 2.02. The minimum atomic E-state index is 1.10. The van der Waals surface area contributed by atoms with E-state index in [1.54, 1.807) is 11.8 Å². The molecule has 0 fully saturated rings. The first-order valence-corrected chi connectivity index (χ1v) is 11.0. The molecule has 0 nitrogen and oxygen atoms in total. The fourth-order valence-electron chi connectivity index (χ4n) is 2.85.